The maximum atomic E-state index is 4.59. The third kappa shape index (κ3) is 4.46. The van der Waals surface area contributed by atoms with Crippen LogP contribution >= 0.6 is 34.4 Å². The van der Waals surface area contributed by atoms with Crippen LogP contribution in [0, 0.1) is 8.99 Å². The Morgan fingerprint density at radius 1 is 1.44 bits per heavy atom. The summed E-state index contributed by atoms with van der Waals surface area (Å²) in [5.74, 6) is 0. The summed E-state index contributed by atoms with van der Waals surface area (Å²) < 4.78 is 1.24. The van der Waals surface area contributed by atoms with Gasteiger partial charge >= 0.3 is 0 Å². The number of rotatable bonds is 2. The van der Waals surface area contributed by atoms with Gasteiger partial charge in [-0.1, -0.05) is 38.6 Å². The third-order valence-electron chi connectivity index (χ3n) is 2.63. The van der Waals surface area contributed by atoms with Crippen molar-refractivity contribution in [3.8, 4) is 0 Å². The number of hydrogen-bond acceptors (Lipinski definition) is 3. The van der Waals surface area contributed by atoms with E-state index in [0.717, 1.165) is 17.4 Å². The monoisotopic (exact) mass is 374 g/mol. The maximum Gasteiger partial charge on any atom is 0.161 e. The first kappa shape index (κ1) is 14.2. The van der Waals surface area contributed by atoms with E-state index in [9.17, 15) is 0 Å². The lowest BCUT2D eigenvalue weighted by Crippen LogP contribution is -2.16. The molecule has 1 heterocycles. The van der Waals surface area contributed by atoms with Crippen LogP contribution in [0.25, 0.3) is 0 Å². The number of nitrogens with one attached hydrogen (secondary N) is 1. The molecule has 0 radical (unpaired) electrons. The summed E-state index contributed by atoms with van der Waals surface area (Å²) in [6.45, 7) is 7.81. The van der Waals surface area contributed by atoms with Crippen LogP contribution in [-0.4, -0.2) is 17.0 Å². The molecule has 0 saturated carbocycles. The van der Waals surface area contributed by atoms with E-state index in [-0.39, 0.29) is 0 Å². The molecule has 0 fully saturated rings. The molecular formula is C14H19IN2S. The van der Waals surface area contributed by atoms with Crippen molar-refractivity contribution < 1.29 is 0 Å². The molecule has 1 unspecified atom stereocenters. The standard InChI is InChI=1S/C14H19IN2S/c1-14(2,3)8-12-9-16-13(18-12)17-11-6-4-5-10(15)7-11/h4-7,12H,8-9H2,1-3H3,(H,16,17). The highest BCUT2D eigenvalue weighted by molar-refractivity contribution is 14.1. The quantitative estimate of drug-likeness (QED) is 0.765. The van der Waals surface area contributed by atoms with Gasteiger partial charge in [0.2, 0.25) is 0 Å². The van der Waals surface area contributed by atoms with Crippen LogP contribution in [0.3, 0.4) is 0 Å². The minimum Gasteiger partial charge on any atom is -0.335 e. The number of thioether (sulfide) groups is 1. The SMILES string of the molecule is CC(C)(C)CC1CN=C(Nc2cccc(I)c2)S1. The normalized spacial score (nSPS) is 19.8. The third-order valence-corrected chi connectivity index (χ3v) is 4.41. The second-order valence-corrected chi connectivity index (χ2v) is 8.32. The molecule has 18 heavy (non-hydrogen) atoms. The van der Waals surface area contributed by atoms with E-state index in [0.29, 0.717) is 10.7 Å². The zero-order valence-electron chi connectivity index (χ0n) is 11.0. The van der Waals surface area contributed by atoms with Gasteiger partial charge in [-0.05, 0) is 52.6 Å². The summed E-state index contributed by atoms with van der Waals surface area (Å²) >= 11 is 4.20. The number of anilines is 1. The van der Waals surface area contributed by atoms with E-state index in [2.05, 4.69) is 77.9 Å². The Labute approximate surface area is 127 Å². The van der Waals surface area contributed by atoms with Crippen molar-refractivity contribution in [2.45, 2.75) is 32.4 Å². The molecule has 1 N–H and O–H groups in total. The Bertz CT molecular complexity index is 451. The molecule has 0 spiro atoms. The Hall–Kier alpha value is -0.230. The van der Waals surface area contributed by atoms with Gasteiger partial charge in [0.1, 0.15) is 0 Å². The van der Waals surface area contributed by atoms with Gasteiger partial charge in [0.05, 0.1) is 6.54 Å². The van der Waals surface area contributed by atoms with Crippen LogP contribution in [0.15, 0.2) is 29.3 Å². The fourth-order valence-electron chi connectivity index (χ4n) is 1.97. The van der Waals surface area contributed by atoms with Gasteiger partial charge in [-0.3, -0.25) is 4.99 Å². The van der Waals surface area contributed by atoms with Gasteiger partial charge in [0.25, 0.3) is 0 Å². The van der Waals surface area contributed by atoms with E-state index in [1.807, 2.05) is 11.8 Å². The molecule has 1 aromatic carbocycles. The molecule has 0 bridgehead atoms. The molecule has 0 amide bonds. The highest BCUT2D eigenvalue weighted by atomic mass is 127. The average molecular weight is 374 g/mol. The van der Waals surface area contributed by atoms with Crippen molar-refractivity contribution in [3.05, 3.63) is 27.8 Å². The first-order chi connectivity index (χ1) is 8.42. The highest BCUT2D eigenvalue weighted by Crippen LogP contribution is 2.32. The fourth-order valence-corrected chi connectivity index (χ4v) is 3.88. The van der Waals surface area contributed by atoms with Gasteiger partial charge in [0.15, 0.2) is 5.17 Å². The van der Waals surface area contributed by atoms with Crippen LogP contribution in [0.4, 0.5) is 5.69 Å². The van der Waals surface area contributed by atoms with Crippen molar-refractivity contribution in [1.82, 2.24) is 0 Å². The second kappa shape index (κ2) is 5.82. The molecule has 0 aromatic heterocycles. The summed E-state index contributed by atoms with van der Waals surface area (Å²) in [6, 6.07) is 8.39. The number of aliphatic imine (C=N–C) groups is 1. The minimum atomic E-state index is 0.380. The lowest BCUT2D eigenvalue weighted by atomic mass is 9.90. The van der Waals surface area contributed by atoms with Crippen LogP contribution in [-0.2, 0) is 0 Å². The van der Waals surface area contributed by atoms with Crippen LogP contribution < -0.4 is 5.32 Å². The molecule has 1 aliphatic heterocycles. The van der Waals surface area contributed by atoms with E-state index in [4.69, 9.17) is 0 Å². The predicted molar refractivity (Wildman–Crippen MR) is 90.5 cm³/mol. The summed E-state index contributed by atoms with van der Waals surface area (Å²) in [7, 11) is 0. The van der Waals surface area contributed by atoms with Crippen LogP contribution in [0.5, 0.6) is 0 Å². The Morgan fingerprint density at radius 2 is 2.22 bits per heavy atom. The largest absolute Gasteiger partial charge is 0.335 e. The first-order valence-electron chi connectivity index (χ1n) is 6.16. The minimum absolute atomic E-state index is 0.380. The number of hydrogen-bond donors (Lipinski definition) is 1. The molecule has 2 rings (SSSR count). The van der Waals surface area contributed by atoms with E-state index in [1.165, 1.54) is 9.99 Å². The average Bonchev–Trinajstić information content (AvgIpc) is 2.62. The van der Waals surface area contributed by atoms with Crippen molar-refractivity contribution in [2.24, 2.45) is 10.4 Å². The molecule has 1 aliphatic rings. The molecule has 4 heteroatoms. The topological polar surface area (TPSA) is 24.4 Å². The molecule has 1 atom stereocenters. The zero-order chi connectivity index (χ0) is 13.2. The smallest absolute Gasteiger partial charge is 0.161 e. The summed E-state index contributed by atoms with van der Waals surface area (Å²) in [5, 5.41) is 5.09. The molecule has 1 aromatic rings. The summed E-state index contributed by atoms with van der Waals surface area (Å²) in [4.78, 5) is 4.59. The number of nitrogens with zero attached hydrogens (tertiary/aromatic N) is 1. The van der Waals surface area contributed by atoms with Gasteiger partial charge in [-0.2, -0.15) is 0 Å². The van der Waals surface area contributed by atoms with Crippen molar-refractivity contribution >= 4 is 45.2 Å². The highest BCUT2D eigenvalue weighted by Gasteiger charge is 2.24. The Morgan fingerprint density at radius 3 is 2.89 bits per heavy atom. The van der Waals surface area contributed by atoms with Gasteiger partial charge in [-0.15, -0.1) is 0 Å². The second-order valence-electron chi connectivity index (χ2n) is 5.79. The molecule has 0 aliphatic carbocycles. The van der Waals surface area contributed by atoms with Crippen molar-refractivity contribution in [2.75, 3.05) is 11.9 Å². The van der Waals surface area contributed by atoms with E-state index >= 15 is 0 Å². The van der Waals surface area contributed by atoms with Gasteiger partial charge in [0, 0.05) is 14.5 Å². The summed E-state index contributed by atoms with van der Waals surface area (Å²) in [6.07, 6.45) is 1.21. The molecule has 0 saturated heterocycles. The molecule has 2 nitrogen and oxygen atoms in total. The number of benzene rings is 1. The van der Waals surface area contributed by atoms with E-state index < -0.39 is 0 Å². The molecule has 98 valence electrons. The van der Waals surface area contributed by atoms with Gasteiger partial charge < -0.3 is 5.32 Å². The van der Waals surface area contributed by atoms with Gasteiger partial charge in [-0.25, -0.2) is 0 Å². The van der Waals surface area contributed by atoms with Crippen molar-refractivity contribution in [1.29, 1.82) is 0 Å². The number of amidine groups is 1. The van der Waals surface area contributed by atoms with E-state index in [1.54, 1.807) is 0 Å². The maximum absolute atomic E-state index is 4.59. The van der Waals surface area contributed by atoms with Crippen LogP contribution in [0.1, 0.15) is 27.2 Å². The number of halogens is 1. The Kier molecular flexibility index (Phi) is 4.59. The van der Waals surface area contributed by atoms with Crippen molar-refractivity contribution in [3.63, 3.8) is 0 Å². The zero-order valence-corrected chi connectivity index (χ0v) is 14.0. The first-order valence-corrected chi connectivity index (χ1v) is 8.12. The molecular weight excluding hydrogens is 355 g/mol. The fraction of sp³-hybridized carbons (Fsp3) is 0.500. The summed E-state index contributed by atoms with van der Waals surface area (Å²) in [5.41, 5.74) is 1.51. The lowest BCUT2D eigenvalue weighted by Gasteiger charge is -2.21. The predicted octanol–water partition coefficient (Wildman–Crippen LogP) is 4.61. The lowest BCUT2D eigenvalue weighted by molar-refractivity contribution is 0.375. The van der Waals surface area contributed by atoms with Crippen LogP contribution in [0.2, 0.25) is 0 Å². The Balaban J connectivity index is 1.90.